The van der Waals surface area contributed by atoms with Crippen molar-refractivity contribution in [3.05, 3.63) is 36.0 Å². The summed E-state index contributed by atoms with van der Waals surface area (Å²) in [5.41, 5.74) is 2.56. The van der Waals surface area contributed by atoms with Crippen LogP contribution in [0.4, 0.5) is 23.1 Å². The Bertz CT molecular complexity index is 900. The Labute approximate surface area is 178 Å². The zero-order valence-corrected chi connectivity index (χ0v) is 18.5. The minimum Gasteiger partial charge on any atom is -0.369 e. The zero-order chi connectivity index (χ0) is 21.3. The van der Waals surface area contributed by atoms with Crippen molar-refractivity contribution in [2.45, 2.75) is 52.0 Å². The van der Waals surface area contributed by atoms with E-state index in [1.807, 2.05) is 20.0 Å². The number of carbonyl (C=O) groups excluding carboxylic acids is 1. The first-order chi connectivity index (χ1) is 14.5. The molecular weight excluding hydrogens is 376 g/mol. The predicted octanol–water partition coefficient (Wildman–Crippen LogP) is 2.15. The van der Waals surface area contributed by atoms with Crippen molar-refractivity contribution in [1.82, 2.24) is 15.3 Å². The van der Waals surface area contributed by atoms with Crippen LogP contribution in [0, 0.1) is 0 Å². The van der Waals surface area contributed by atoms with E-state index in [1.165, 1.54) is 5.69 Å². The molecule has 2 aliphatic rings. The van der Waals surface area contributed by atoms with E-state index in [9.17, 15) is 4.79 Å². The van der Waals surface area contributed by atoms with Crippen LogP contribution in [0.25, 0.3) is 0 Å². The molecule has 1 atom stereocenters. The number of amides is 1. The summed E-state index contributed by atoms with van der Waals surface area (Å²) in [7, 11) is 0. The molecule has 1 aromatic heterocycles. The molecule has 0 spiro atoms. The van der Waals surface area contributed by atoms with Crippen LogP contribution in [0.3, 0.4) is 0 Å². The minimum atomic E-state index is -0.559. The number of quaternary nitrogens is 1. The average molecular weight is 410 g/mol. The van der Waals surface area contributed by atoms with Crippen LogP contribution in [0.5, 0.6) is 0 Å². The molecule has 3 N–H and O–H groups in total. The highest BCUT2D eigenvalue weighted by Crippen LogP contribution is 2.33. The maximum absolute atomic E-state index is 13.2. The smallest absolute Gasteiger partial charge is 0.328 e. The fraction of sp³-hybridized carbons (Fsp3) is 0.522. The number of aromatic nitrogens is 2. The second-order valence-corrected chi connectivity index (χ2v) is 8.75. The summed E-state index contributed by atoms with van der Waals surface area (Å²) < 4.78 is 0. The molecule has 1 aromatic carbocycles. The third-order valence-electron chi connectivity index (χ3n) is 6.53. The van der Waals surface area contributed by atoms with Crippen molar-refractivity contribution >= 4 is 29.0 Å². The van der Waals surface area contributed by atoms with E-state index in [0.717, 1.165) is 61.0 Å². The number of fused-ring (bicyclic) bond motifs is 1. The molecule has 0 saturated carbocycles. The van der Waals surface area contributed by atoms with E-state index >= 15 is 0 Å². The second-order valence-electron chi connectivity index (χ2n) is 8.75. The van der Waals surface area contributed by atoms with Crippen LogP contribution in [-0.4, -0.2) is 48.1 Å². The lowest BCUT2D eigenvalue weighted by Gasteiger charge is -2.29. The van der Waals surface area contributed by atoms with Gasteiger partial charge in [-0.05, 0) is 51.0 Å². The number of benzene rings is 1. The molecule has 7 heteroatoms. The van der Waals surface area contributed by atoms with Crippen LogP contribution in [0.2, 0.25) is 0 Å². The van der Waals surface area contributed by atoms with Gasteiger partial charge in [0.25, 0.3) is 0 Å². The monoisotopic (exact) mass is 409 g/mol. The Morgan fingerprint density at radius 1 is 1.17 bits per heavy atom. The Balaban J connectivity index is 1.57. The number of nitrogens with one attached hydrogen (secondary N) is 3. The molecule has 2 aliphatic heterocycles. The maximum Gasteiger partial charge on any atom is 0.328 e. The molecule has 0 bridgehead atoms. The summed E-state index contributed by atoms with van der Waals surface area (Å²) in [6, 6.07) is 8.63. The maximum atomic E-state index is 13.2. The van der Waals surface area contributed by atoms with Gasteiger partial charge in [0, 0.05) is 43.8 Å². The summed E-state index contributed by atoms with van der Waals surface area (Å²) >= 11 is 0. The van der Waals surface area contributed by atoms with Gasteiger partial charge in [0.2, 0.25) is 11.8 Å². The number of piperazine rings is 1. The molecule has 1 unspecified atom stereocenters. The molecule has 7 nitrogen and oxygen atoms in total. The molecule has 0 radical (unpaired) electrons. The van der Waals surface area contributed by atoms with Crippen molar-refractivity contribution in [1.29, 1.82) is 0 Å². The molecule has 4 rings (SSSR count). The van der Waals surface area contributed by atoms with Crippen LogP contribution in [0.15, 0.2) is 30.5 Å². The normalized spacial score (nSPS) is 20.5. The highest BCUT2D eigenvalue weighted by Gasteiger charge is 2.53. The zero-order valence-electron chi connectivity index (χ0n) is 18.5. The quantitative estimate of drug-likeness (QED) is 0.679. The standard InChI is InChI=1S/C23H32N6O/c1-5-17(6-2)29-20-19(23(3,4)21(29)30)15-25-22(27-20)26-16-7-9-18(10-8-16)28-13-11-24-12-14-28/h7-10,15,17,24H,5-6,11-14H2,1-4H3,(H,25,26,27)/p+1. The molecule has 3 heterocycles. The van der Waals surface area contributed by atoms with Gasteiger partial charge in [-0.15, -0.1) is 0 Å². The van der Waals surface area contributed by atoms with Crippen molar-refractivity contribution in [3.8, 4) is 0 Å². The highest BCUT2D eigenvalue weighted by molar-refractivity contribution is 5.87. The molecule has 0 aliphatic carbocycles. The fourth-order valence-corrected chi connectivity index (χ4v) is 4.55. The lowest BCUT2D eigenvalue weighted by molar-refractivity contribution is -0.780. The van der Waals surface area contributed by atoms with Gasteiger partial charge in [-0.1, -0.05) is 13.8 Å². The van der Waals surface area contributed by atoms with Crippen LogP contribution >= 0.6 is 0 Å². The van der Waals surface area contributed by atoms with Gasteiger partial charge < -0.3 is 15.5 Å². The molecule has 30 heavy (non-hydrogen) atoms. The summed E-state index contributed by atoms with van der Waals surface area (Å²) in [5, 5.41) is 6.70. The molecule has 1 fully saturated rings. The minimum absolute atomic E-state index is 0.193. The lowest BCUT2D eigenvalue weighted by Crippen LogP contribution is -3.13. The largest absolute Gasteiger partial charge is 0.369 e. The lowest BCUT2D eigenvalue weighted by atomic mass is 9.88. The van der Waals surface area contributed by atoms with Crippen molar-refractivity contribution in [3.63, 3.8) is 0 Å². The Kier molecular flexibility index (Phi) is 5.75. The number of hydrogen-bond acceptors (Lipinski definition) is 6. The number of hydrogen-bond donors (Lipinski definition) is 3. The van der Waals surface area contributed by atoms with E-state index in [4.69, 9.17) is 4.98 Å². The van der Waals surface area contributed by atoms with E-state index in [0.29, 0.717) is 5.95 Å². The third-order valence-corrected chi connectivity index (χ3v) is 6.53. The van der Waals surface area contributed by atoms with Gasteiger partial charge in [-0.3, -0.25) is 0 Å². The topological polar surface area (TPSA) is 74.6 Å². The first kappa shape index (κ1) is 20.8. The summed E-state index contributed by atoms with van der Waals surface area (Å²) in [4.78, 5) is 25.8. The van der Waals surface area contributed by atoms with Crippen molar-refractivity contribution < 1.29 is 9.69 Å². The Morgan fingerprint density at radius 2 is 1.83 bits per heavy atom. The van der Waals surface area contributed by atoms with E-state index in [-0.39, 0.29) is 11.9 Å². The first-order valence-electron chi connectivity index (χ1n) is 11.1. The van der Waals surface area contributed by atoms with Gasteiger partial charge >= 0.3 is 5.91 Å². The predicted molar refractivity (Wildman–Crippen MR) is 120 cm³/mol. The fourth-order valence-electron chi connectivity index (χ4n) is 4.55. The molecule has 2 aromatic rings. The molecular formula is C23H33N6O+. The molecule has 160 valence electrons. The van der Waals surface area contributed by atoms with Gasteiger partial charge in [-0.2, -0.15) is 4.98 Å². The average Bonchev–Trinajstić information content (AvgIpc) is 2.96. The summed E-state index contributed by atoms with van der Waals surface area (Å²) in [5.74, 6) is 1.56. The third kappa shape index (κ3) is 3.68. The molecule has 1 amide bonds. The summed E-state index contributed by atoms with van der Waals surface area (Å²) in [6.07, 6.45) is 3.70. The second kappa shape index (κ2) is 8.32. The molecule has 1 saturated heterocycles. The SMILES string of the molecule is CCC(CC)[NH+]1C(=O)C(C)(C)c2cnc(Nc3ccc(N4CCNCC4)cc3)nc21. The van der Waals surface area contributed by atoms with Crippen molar-refractivity contribution in [2.24, 2.45) is 0 Å². The Morgan fingerprint density at radius 3 is 2.47 bits per heavy atom. The first-order valence-corrected chi connectivity index (χ1v) is 11.1. The van der Waals surface area contributed by atoms with Crippen molar-refractivity contribution in [2.75, 3.05) is 36.4 Å². The Hall–Kier alpha value is -2.51. The highest BCUT2D eigenvalue weighted by atomic mass is 16.2. The van der Waals surface area contributed by atoms with Gasteiger partial charge in [-0.25, -0.2) is 14.7 Å². The van der Waals surface area contributed by atoms with Crippen LogP contribution in [-0.2, 0) is 10.2 Å². The number of nitrogens with zero attached hydrogens (tertiary/aromatic N) is 3. The van der Waals surface area contributed by atoms with Gasteiger partial charge in [0.05, 0.1) is 11.6 Å². The summed E-state index contributed by atoms with van der Waals surface area (Å²) in [6.45, 7) is 12.3. The number of carbonyl (C=O) groups is 1. The van der Waals surface area contributed by atoms with Gasteiger partial charge in [0.15, 0.2) is 0 Å². The van der Waals surface area contributed by atoms with E-state index in [2.05, 4.69) is 58.6 Å². The van der Waals surface area contributed by atoms with Crippen LogP contribution in [0.1, 0.15) is 46.1 Å². The van der Waals surface area contributed by atoms with Crippen LogP contribution < -0.4 is 20.4 Å². The van der Waals surface area contributed by atoms with E-state index < -0.39 is 5.41 Å². The number of anilines is 3. The van der Waals surface area contributed by atoms with Gasteiger partial charge in [0.1, 0.15) is 5.41 Å². The van der Waals surface area contributed by atoms with E-state index in [1.54, 1.807) is 0 Å². The number of rotatable bonds is 6.